The van der Waals surface area contributed by atoms with E-state index in [4.69, 9.17) is 0 Å². The maximum atomic E-state index is 12.9. The molecule has 1 aromatic heterocycles. The number of amides is 1. The van der Waals surface area contributed by atoms with E-state index >= 15 is 0 Å². The van der Waals surface area contributed by atoms with Crippen LogP contribution in [0.1, 0.15) is 24.0 Å². The number of aromatic nitrogens is 2. The molecule has 1 amide bonds. The maximum Gasteiger partial charge on any atom is 0.416 e. The van der Waals surface area contributed by atoms with Gasteiger partial charge in [-0.25, -0.2) is 0 Å². The molecule has 1 aromatic carbocycles. The molecular formula is C20H22F3N5O. The van der Waals surface area contributed by atoms with E-state index in [1.807, 2.05) is 0 Å². The monoisotopic (exact) mass is 405 g/mol. The number of carbonyl (C=O) groups is 1. The van der Waals surface area contributed by atoms with Gasteiger partial charge in [0.2, 0.25) is 5.91 Å². The summed E-state index contributed by atoms with van der Waals surface area (Å²) in [6, 6.07) is 4.99. The Kier molecular flexibility index (Phi) is 4.94. The van der Waals surface area contributed by atoms with Gasteiger partial charge >= 0.3 is 6.18 Å². The molecule has 1 saturated heterocycles. The van der Waals surface area contributed by atoms with Gasteiger partial charge in [-0.05, 0) is 38.6 Å². The van der Waals surface area contributed by atoms with E-state index < -0.39 is 11.7 Å². The largest absolute Gasteiger partial charge is 0.416 e. The standard InChI is InChI=1S/C20H22F3N5O/c1-27-9-3-4-14(11-27)24-19-15-10-16(29)28(2)18(15)17(25-26-19)12-5-7-13(8-6-12)20(21,22)23/h5-8,14H,3-4,9-11H2,1-2H3,(H,24,26)/t14-/m1/s1. The van der Waals surface area contributed by atoms with Crippen molar-refractivity contribution >= 4 is 17.4 Å². The third-order valence-electron chi connectivity index (χ3n) is 5.53. The second-order valence-corrected chi connectivity index (χ2v) is 7.67. The molecule has 9 heteroatoms. The van der Waals surface area contributed by atoms with E-state index in [0.717, 1.165) is 43.6 Å². The highest BCUT2D eigenvalue weighted by molar-refractivity contribution is 6.06. The summed E-state index contributed by atoms with van der Waals surface area (Å²) in [5.74, 6) is 0.487. The zero-order valence-corrected chi connectivity index (χ0v) is 16.3. The van der Waals surface area contributed by atoms with Crippen LogP contribution in [0.3, 0.4) is 0 Å². The Balaban J connectivity index is 1.70. The van der Waals surface area contributed by atoms with E-state index in [1.165, 1.54) is 17.0 Å². The fourth-order valence-corrected chi connectivity index (χ4v) is 3.99. The van der Waals surface area contributed by atoms with Gasteiger partial charge in [0.05, 0.1) is 17.7 Å². The number of benzene rings is 1. The zero-order chi connectivity index (χ0) is 20.8. The second kappa shape index (κ2) is 7.29. The first-order valence-electron chi connectivity index (χ1n) is 9.53. The lowest BCUT2D eigenvalue weighted by Crippen LogP contribution is -2.40. The molecule has 0 bridgehead atoms. The highest BCUT2D eigenvalue weighted by Crippen LogP contribution is 2.40. The molecule has 0 aliphatic carbocycles. The molecule has 4 rings (SSSR count). The Bertz CT molecular complexity index is 929. The minimum absolute atomic E-state index is 0.0910. The number of fused-ring (bicyclic) bond motifs is 1. The van der Waals surface area contributed by atoms with Crippen LogP contribution in [0, 0.1) is 0 Å². The number of likely N-dealkylation sites (tertiary alicyclic amines) is 1. The number of piperidine rings is 1. The van der Waals surface area contributed by atoms with Gasteiger partial charge in [0, 0.05) is 30.8 Å². The van der Waals surface area contributed by atoms with Gasteiger partial charge < -0.3 is 15.1 Å². The normalized spacial score (nSPS) is 20.1. The smallest absolute Gasteiger partial charge is 0.364 e. The van der Waals surface area contributed by atoms with Crippen LogP contribution in [0.5, 0.6) is 0 Å². The molecule has 1 atom stereocenters. The Hall–Kier alpha value is -2.68. The van der Waals surface area contributed by atoms with Crippen LogP contribution in [-0.4, -0.2) is 54.2 Å². The van der Waals surface area contributed by atoms with Crippen LogP contribution in [-0.2, 0) is 17.4 Å². The average Bonchev–Trinajstić information content (AvgIpc) is 2.97. The fourth-order valence-electron chi connectivity index (χ4n) is 3.99. The lowest BCUT2D eigenvalue weighted by molar-refractivity contribution is -0.137. The van der Waals surface area contributed by atoms with Gasteiger partial charge in [-0.3, -0.25) is 4.79 Å². The van der Waals surface area contributed by atoms with Gasteiger partial charge in [0.25, 0.3) is 0 Å². The third kappa shape index (κ3) is 3.78. The van der Waals surface area contributed by atoms with Crippen molar-refractivity contribution in [2.24, 2.45) is 0 Å². The Morgan fingerprint density at radius 1 is 1.14 bits per heavy atom. The van der Waals surface area contributed by atoms with Crippen molar-refractivity contribution in [3.63, 3.8) is 0 Å². The molecule has 0 saturated carbocycles. The minimum Gasteiger partial charge on any atom is -0.364 e. The molecule has 2 aromatic rings. The number of halogens is 3. The van der Waals surface area contributed by atoms with Crippen LogP contribution >= 0.6 is 0 Å². The van der Waals surface area contributed by atoms with E-state index in [9.17, 15) is 18.0 Å². The maximum absolute atomic E-state index is 12.9. The quantitative estimate of drug-likeness (QED) is 0.850. The van der Waals surface area contributed by atoms with Crippen LogP contribution in [0.2, 0.25) is 0 Å². The molecule has 0 spiro atoms. The van der Waals surface area contributed by atoms with Crippen molar-refractivity contribution in [1.29, 1.82) is 0 Å². The molecule has 2 aliphatic heterocycles. The van der Waals surface area contributed by atoms with Crippen LogP contribution in [0.15, 0.2) is 24.3 Å². The summed E-state index contributed by atoms with van der Waals surface area (Å²) in [4.78, 5) is 16.1. The summed E-state index contributed by atoms with van der Waals surface area (Å²) >= 11 is 0. The number of nitrogens with one attached hydrogen (secondary N) is 1. The van der Waals surface area contributed by atoms with Crippen molar-refractivity contribution < 1.29 is 18.0 Å². The number of anilines is 2. The second-order valence-electron chi connectivity index (χ2n) is 7.67. The van der Waals surface area contributed by atoms with E-state index in [0.29, 0.717) is 22.8 Å². The number of rotatable bonds is 3. The fraction of sp³-hybridized carbons (Fsp3) is 0.450. The number of hydrogen-bond donors (Lipinski definition) is 1. The first-order valence-corrected chi connectivity index (χ1v) is 9.53. The molecule has 0 radical (unpaired) electrons. The Labute approximate surface area is 166 Å². The predicted octanol–water partition coefficient (Wildman–Crippen LogP) is 3.19. The number of alkyl halides is 3. The average molecular weight is 405 g/mol. The summed E-state index contributed by atoms with van der Waals surface area (Å²) in [6.07, 6.45) is -2.13. The van der Waals surface area contributed by atoms with Gasteiger partial charge in [0.15, 0.2) is 5.82 Å². The molecule has 154 valence electrons. The van der Waals surface area contributed by atoms with E-state index in [2.05, 4.69) is 27.5 Å². The molecule has 2 aliphatic rings. The van der Waals surface area contributed by atoms with Gasteiger partial charge in [0.1, 0.15) is 5.69 Å². The Morgan fingerprint density at radius 3 is 2.52 bits per heavy atom. The molecule has 3 heterocycles. The predicted molar refractivity (Wildman–Crippen MR) is 104 cm³/mol. The molecule has 6 nitrogen and oxygen atoms in total. The van der Waals surface area contributed by atoms with Crippen molar-refractivity contribution in [2.45, 2.75) is 31.5 Å². The third-order valence-corrected chi connectivity index (χ3v) is 5.53. The number of nitrogens with zero attached hydrogens (tertiary/aromatic N) is 4. The van der Waals surface area contributed by atoms with Crippen LogP contribution < -0.4 is 10.2 Å². The van der Waals surface area contributed by atoms with Gasteiger partial charge in [-0.15, -0.1) is 10.2 Å². The molecule has 1 N–H and O–H groups in total. The SMILES string of the molecule is CN1CCC[C@@H](Nc2nnc(-c3ccc(C(F)(F)F)cc3)c3c2CC(=O)N3C)C1. The van der Waals surface area contributed by atoms with Crippen molar-refractivity contribution in [3.05, 3.63) is 35.4 Å². The van der Waals surface area contributed by atoms with Crippen molar-refractivity contribution in [3.8, 4) is 11.3 Å². The van der Waals surface area contributed by atoms with Crippen molar-refractivity contribution in [2.75, 3.05) is 37.4 Å². The summed E-state index contributed by atoms with van der Waals surface area (Å²) in [7, 11) is 3.72. The van der Waals surface area contributed by atoms with Gasteiger partial charge in [-0.2, -0.15) is 13.2 Å². The number of likely N-dealkylation sites (N-methyl/N-ethyl adjacent to an activating group) is 2. The first kappa shape index (κ1) is 19.6. The highest BCUT2D eigenvalue weighted by Gasteiger charge is 2.34. The molecule has 29 heavy (non-hydrogen) atoms. The lowest BCUT2D eigenvalue weighted by Gasteiger charge is -2.31. The van der Waals surface area contributed by atoms with E-state index in [-0.39, 0.29) is 18.4 Å². The zero-order valence-electron chi connectivity index (χ0n) is 16.3. The number of carbonyl (C=O) groups excluding carboxylic acids is 1. The summed E-state index contributed by atoms with van der Waals surface area (Å²) in [5.41, 5.74) is 1.53. The summed E-state index contributed by atoms with van der Waals surface area (Å²) < 4.78 is 38.6. The highest BCUT2D eigenvalue weighted by atomic mass is 19.4. The Morgan fingerprint density at radius 2 is 1.86 bits per heavy atom. The molecular weight excluding hydrogens is 383 g/mol. The van der Waals surface area contributed by atoms with E-state index in [1.54, 1.807) is 7.05 Å². The van der Waals surface area contributed by atoms with Crippen LogP contribution in [0.4, 0.5) is 24.7 Å². The van der Waals surface area contributed by atoms with Gasteiger partial charge in [-0.1, -0.05) is 12.1 Å². The van der Waals surface area contributed by atoms with Crippen LogP contribution in [0.25, 0.3) is 11.3 Å². The molecule has 0 unspecified atom stereocenters. The minimum atomic E-state index is -4.40. The summed E-state index contributed by atoms with van der Waals surface area (Å²) in [5, 5.41) is 12.0. The summed E-state index contributed by atoms with van der Waals surface area (Å²) in [6.45, 7) is 1.93. The lowest BCUT2D eigenvalue weighted by atomic mass is 10.0. The van der Waals surface area contributed by atoms with Crippen molar-refractivity contribution in [1.82, 2.24) is 15.1 Å². The molecule has 1 fully saturated rings. The topological polar surface area (TPSA) is 61.4 Å². The first-order chi connectivity index (χ1) is 13.7. The number of hydrogen-bond acceptors (Lipinski definition) is 5.